The average molecular weight is 215 g/mol. The largest absolute Gasteiger partial charge is 0.323 e. The van der Waals surface area contributed by atoms with Crippen LogP contribution in [0.4, 0.5) is 0 Å². The Morgan fingerprint density at radius 2 is 2.45 bits per heavy atom. The number of rotatable bonds is 2. The van der Waals surface area contributed by atoms with Gasteiger partial charge in [-0.1, -0.05) is 22.9 Å². The van der Waals surface area contributed by atoms with E-state index in [0.29, 0.717) is 0 Å². The minimum atomic E-state index is 0.0625. The summed E-state index contributed by atoms with van der Waals surface area (Å²) in [6, 6.07) is 3.91. The van der Waals surface area contributed by atoms with E-state index in [2.05, 4.69) is 20.9 Å². The Morgan fingerprint density at radius 1 is 1.73 bits per heavy atom. The van der Waals surface area contributed by atoms with Gasteiger partial charge in [-0.25, -0.2) is 0 Å². The highest BCUT2D eigenvalue weighted by atomic mass is 79.9. The molecular formula is C8H11BrN2. The SMILES string of the molecule is CC[C@@H](N)c1cc(Br)ccn1. The van der Waals surface area contributed by atoms with E-state index in [1.807, 2.05) is 19.1 Å². The summed E-state index contributed by atoms with van der Waals surface area (Å²) in [5, 5.41) is 0. The van der Waals surface area contributed by atoms with E-state index in [9.17, 15) is 0 Å². The van der Waals surface area contributed by atoms with Crippen LogP contribution in [0.5, 0.6) is 0 Å². The van der Waals surface area contributed by atoms with Crippen LogP contribution in [0.3, 0.4) is 0 Å². The maximum atomic E-state index is 5.78. The number of nitrogens with zero attached hydrogens (tertiary/aromatic N) is 1. The van der Waals surface area contributed by atoms with Crippen molar-refractivity contribution in [1.82, 2.24) is 4.98 Å². The fraction of sp³-hybridized carbons (Fsp3) is 0.375. The molecule has 0 fully saturated rings. The molecule has 0 amide bonds. The number of aromatic nitrogens is 1. The van der Waals surface area contributed by atoms with Crippen LogP contribution in [0.2, 0.25) is 0 Å². The molecule has 1 rings (SSSR count). The third kappa shape index (κ3) is 2.27. The Balaban J connectivity index is 2.86. The maximum Gasteiger partial charge on any atom is 0.0582 e. The van der Waals surface area contributed by atoms with Crippen LogP contribution >= 0.6 is 15.9 Å². The van der Waals surface area contributed by atoms with Crippen molar-refractivity contribution in [3.8, 4) is 0 Å². The fourth-order valence-corrected chi connectivity index (χ4v) is 1.19. The van der Waals surface area contributed by atoms with Crippen LogP contribution in [0, 0.1) is 0 Å². The molecule has 1 atom stereocenters. The molecule has 0 aliphatic heterocycles. The van der Waals surface area contributed by atoms with Gasteiger partial charge < -0.3 is 5.73 Å². The molecule has 0 unspecified atom stereocenters. The van der Waals surface area contributed by atoms with Gasteiger partial charge in [0.2, 0.25) is 0 Å². The van der Waals surface area contributed by atoms with Crippen LogP contribution in [-0.2, 0) is 0 Å². The van der Waals surface area contributed by atoms with E-state index in [0.717, 1.165) is 16.6 Å². The molecule has 1 heterocycles. The summed E-state index contributed by atoms with van der Waals surface area (Å²) in [6.45, 7) is 2.05. The highest BCUT2D eigenvalue weighted by molar-refractivity contribution is 9.10. The second-order valence-electron chi connectivity index (χ2n) is 2.41. The molecule has 2 nitrogen and oxygen atoms in total. The van der Waals surface area contributed by atoms with Crippen molar-refractivity contribution in [3.63, 3.8) is 0 Å². The van der Waals surface area contributed by atoms with Crippen LogP contribution in [0.15, 0.2) is 22.8 Å². The van der Waals surface area contributed by atoms with E-state index in [1.165, 1.54) is 0 Å². The Kier molecular flexibility index (Phi) is 3.02. The molecule has 11 heavy (non-hydrogen) atoms. The summed E-state index contributed by atoms with van der Waals surface area (Å²) in [5.74, 6) is 0. The summed E-state index contributed by atoms with van der Waals surface area (Å²) < 4.78 is 1.03. The number of pyridine rings is 1. The molecule has 1 aromatic heterocycles. The van der Waals surface area contributed by atoms with Crippen molar-refractivity contribution in [1.29, 1.82) is 0 Å². The summed E-state index contributed by atoms with van der Waals surface area (Å²) in [7, 11) is 0. The maximum absolute atomic E-state index is 5.78. The summed E-state index contributed by atoms with van der Waals surface area (Å²) >= 11 is 3.36. The lowest BCUT2D eigenvalue weighted by atomic mass is 10.1. The average Bonchev–Trinajstić information content (AvgIpc) is 2.03. The van der Waals surface area contributed by atoms with E-state index in [1.54, 1.807) is 6.20 Å². The number of hydrogen-bond acceptors (Lipinski definition) is 2. The molecule has 0 bridgehead atoms. The smallest absolute Gasteiger partial charge is 0.0582 e. The van der Waals surface area contributed by atoms with Gasteiger partial charge in [-0.3, -0.25) is 4.98 Å². The highest BCUT2D eigenvalue weighted by Crippen LogP contribution is 2.15. The lowest BCUT2D eigenvalue weighted by Gasteiger charge is -2.06. The molecule has 0 saturated heterocycles. The molecule has 3 heteroatoms. The second kappa shape index (κ2) is 3.83. The lowest BCUT2D eigenvalue weighted by Crippen LogP contribution is -2.10. The molecular weight excluding hydrogens is 204 g/mol. The van der Waals surface area contributed by atoms with Gasteiger partial charge in [0.15, 0.2) is 0 Å². The Labute approximate surface area is 75.0 Å². The van der Waals surface area contributed by atoms with Crippen molar-refractivity contribution >= 4 is 15.9 Å². The van der Waals surface area contributed by atoms with Crippen molar-refractivity contribution in [3.05, 3.63) is 28.5 Å². The fourth-order valence-electron chi connectivity index (χ4n) is 0.833. The van der Waals surface area contributed by atoms with Crippen molar-refractivity contribution in [2.24, 2.45) is 5.73 Å². The summed E-state index contributed by atoms with van der Waals surface area (Å²) in [4.78, 5) is 4.16. The van der Waals surface area contributed by atoms with Gasteiger partial charge in [0, 0.05) is 16.7 Å². The molecule has 0 aromatic carbocycles. The molecule has 2 N–H and O–H groups in total. The number of nitrogens with two attached hydrogens (primary N) is 1. The first-order valence-electron chi connectivity index (χ1n) is 3.61. The molecule has 0 radical (unpaired) electrons. The standard InChI is InChI=1S/C8H11BrN2/c1-2-7(10)8-5-6(9)3-4-11-8/h3-5,7H,2,10H2,1H3/t7-/m1/s1. The zero-order chi connectivity index (χ0) is 8.27. The first-order chi connectivity index (χ1) is 5.24. The zero-order valence-electron chi connectivity index (χ0n) is 6.42. The zero-order valence-corrected chi connectivity index (χ0v) is 8.01. The molecule has 0 aliphatic carbocycles. The summed E-state index contributed by atoms with van der Waals surface area (Å²) in [6.07, 6.45) is 2.68. The molecule has 0 saturated carbocycles. The minimum Gasteiger partial charge on any atom is -0.323 e. The van der Waals surface area contributed by atoms with Gasteiger partial charge in [-0.15, -0.1) is 0 Å². The van der Waals surface area contributed by atoms with E-state index in [4.69, 9.17) is 5.73 Å². The minimum absolute atomic E-state index is 0.0625. The van der Waals surface area contributed by atoms with Crippen LogP contribution in [0.25, 0.3) is 0 Å². The third-order valence-electron chi connectivity index (χ3n) is 1.56. The van der Waals surface area contributed by atoms with Crippen LogP contribution in [-0.4, -0.2) is 4.98 Å². The van der Waals surface area contributed by atoms with Gasteiger partial charge in [0.1, 0.15) is 0 Å². The normalized spacial score (nSPS) is 13.0. The first kappa shape index (κ1) is 8.68. The first-order valence-corrected chi connectivity index (χ1v) is 4.40. The van der Waals surface area contributed by atoms with Crippen LogP contribution < -0.4 is 5.73 Å². The van der Waals surface area contributed by atoms with E-state index >= 15 is 0 Å². The van der Waals surface area contributed by atoms with E-state index in [-0.39, 0.29) is 6.04 Å². The molecule has 0 aliphatic rings. The topological polar surface area (TPSA) is 38.9 Å². The van der Waals surface area contributed by atoms with Crippen molar-refractivity contribution < 1.29 is 0 Å². The van der Waals surface area contributed by atoms with Crippen molar-refractivity contribution in [2.75, 3.05) is 0 Å². The quantitative estimate of drug-likeness (QED) is 0.821. The van der Waals surface area contributed by atoms with Gasteiger partial charge in [-0.05, 0) is 18.6 Å². The Hall–Kier alpha value is -0.410. The molecule has 0 spiro atoms. The number of halogens is 1. The third-order valence-corrected chi connectivity index (χ3v) is 2.06. The Morgan fingerprint density at radius 3 is 3.00 bits per heavy atom. The van der Waals surface area contributed by atoms with Crippen molar-refractivity contribution in [2.45, 2.75) is 19.4 Å². The predicted octanol–water partition coefficient (Wildman–Crippen LogP) is 2.25. The van der Waals surface area contributed by atoms with Crippen LogP contribution in [0.1, 0.15) is 25.1 Å². The van der Waals surface area contributed by atoms with E-state index < -0.39 is 0 Å². The predicted molar refractivity (Wildman–Crippen MR) is 49.2 cm³/mol. The highest BCUT2D eigenvalue weighted by Gasteiger charge is 2.03. The summed E-state index contributed by atoms with van der Waals surface area (Å²) in [5.41, 5.74) is 6.73. The van der Waals surface area contributed by atoms with Gasteiger partial charge in [0.25, 0.3) is 0 Å². The molecule has 60 valence electrons. The monoisotopic (exact) mass is 214 g/mol. The van der Waals surface area contributed by atoms with Gasteiger partial charge in [-0.2, -0.15) is 0 Å². The lowest BCUT2D eigenvalue weighted by molar-refractivity contribution is 0.675. The molecule has 1 aromatic rings. The van der Waals surface area contributed by atoms with Gasteiger partial charge >= 0.3 is 0 Å². The number of hydrogen-bond donors (Lipinski definition) is 1. The van der Waals surface area contributed by atoms with Gasteiger partial charge in [0.05, 0.1) is 5.69 Å². The Bertz CT molecular complexity index is 237. The second-order valence-corrected chi connectivity index (χ2v) is 3.33.